The van der Waals surface area contributed by atoms with E-state index in [2.05, 4.69) is 78.9 Å². The molecule has 0 aliphatic carbocycles. The van der Waals surface area contributed by atoms with Crippen LogP contribution in [0, 0.1) is 0 Å². The molecule has 0 saturated heterocycles. The Morgan fingerprint density at radius 2 is 0.737 bits per heavy atom. The van der Waals surface area contributed by atoms with Crippen LogP contribution in [0.5, 0.6) is 0 Å². The number of aromatic nitrogens is 3. The van der Waals surface area contributed by atoms with Crippen molar-refractivity contribution in [3.05, 3.63) is 140 Å². The SMILES string of the molecule is c1ccc(-c2nc(-c3ccccc3)nc(-c3ccc(-c4cccc5ccccc45)c4ccccc34)n2)cc1. The predicted octanol–water partition coefficient (Wildman–Crippen LogP) is 8.85. The molecular weight excluding hydrogens is 462 g/mol. The molecule has 38 heavy (non-hydrogen) atoms. The Kier molecular flexibility index (Phi) is 5.45. The van der Waals surface area contributed by atoms with E-state index in [-0.39, 0.29) is 0 Å². The van der Waals surface area contributed by atoms with E-state index < -0.39 is 0 Å². The fraction of sp³-hybridized carbons (Fsp3) is 0. The van der Waals surface area contributed by atoms with Gasteiger partial charge in [-0.15, -0.1) is 0 Å². The highest BCUT2D eigenvalue weighted by molar-refractivity contribution is 6.09. The topological polar surface area (TPSA) is 38.7 Å². The van der Waals surface area contributed by atoms with E-state index in [1.54, 1.807) is 0 Å². The van der Waals surface area contributed by atoms with E-state index in [1.165, 1.54) is 27.3 Å². The molecular formula is C35H23N3. The van der Waals surface area contributed by atoms with Crippen LogP contribution in [0.3, 0.4) is 0 Å². The number of fused-ring (bicyclic) bond motifs is 2. The Bertz CT molecular complexity index is 1850. The van der Waals surface area contributed by atoms with Crippen LogP contribution in [-0.2, 0) is 0 Å². The van der Waals surface area contributed by atoms with Crippen molar-refractivity contribution in [2.24, 2.45) is 0 Å². The van der Waals surface area contributed by atoms with Crippen LogP contribution in [0.2, 0.25) is 0 Å². The van der Waals surface area contributed by atoms with Crippen LogP contribution in [0.25, 0.3) is 66.8 Å². The summed E-state index contributed by atoms with van der Waals surface area (Å²) in [6, 6.07) is 48.1. The lowest BCUT2D eigenvalue weighted by atomic mass is 9.92. The summed E-state index contributed by atoms with van der Waals surface area (Å²) >= 11 is 0. The molecule has 1 aromatic heterocycles. The molecule has 7 rings (SSSR count). The third kappa shape index (κ3) is 3.91. The summed E-state index contributed by atoms with van der Waals surface area (Å²) in [5.74, 6) is 1.99. The third-order valence-electron chi connectivity index (χ3n) is 6.94. The minimum absolute atomic E-state index is 0.664. The molecule has 0 fully saturated rings. The van der Waals surface area contributed by atoms with Crippen molar-refractivity contribution in [3.8, 4) is 45.3 Å². The second kappa shape index (κ2) is 9.38. The lowest BCUT2D eigenvalue weighted by Gasteiger charge is -2.14. The lowest BCUT2D eigenvalue weighted by molar-refractivity contribution is 1.08. The minimum atomic E-state index is 0.664. The van der Waals surface area contributed by atoms with Gasteiger partial charge in [0.2, 0.25) is 0 Å². The first-order valence-electron chi connectivity index (χ1n) is 12.7. The number of rotatable bonds is 4. The first-order chi connectivity index (χ1) is 18.8. The van der Waals surface area contributed by atoms with E-state index in [4.69, 9.17) is 15.0 Å². The first kappa shape index (κ1) is 22.1. The monoisotopic (exact) mass is 485 g/mol. The Hall–Kier alpha value is -5.15. The zero-order valence-corrected chi connectivity index (χ0v) is 20.6. The van der Waals surface area contributed by atoms with Crippen molar-refractivity contribution in [3.63, 3.8) is 0 Å². The molecule has 178 valence electrons. The first-order valence-corrected chi connectivity index (χ1v) is 12.7. The molecule has 1 heterocycles. The zero-order valence-electron chi connectivity index (χ0n) is 20.6. The van der Waals surface area contributed by atoms with Gasteiger partial charge in [-0.2, -0.15) is 0 Å². The number of hydrogen-bond donors (Lipinski definition) is 0. The molecule has 0 amide bonds. The summed E-state index contributed by atoms with van der Waals surface area (Å²) in [4.78, 5) is 14.8. The highest BCUT2D eigenvalue weighted by Crippen LogP contribution is 2.38. The third-order valence-corrected chi connectivity index (χ3v) is 6.94. The molecule has 0 aliphatic rings. The van der Waals surface area contributed by atoms with Gasteiger partial charge in [0, 0.05) is 16.7 Å². The van der Waals surface area contributed by atoms with Crippen LogP contribution in [0.1, 0.15) is 0 Å². The lowest BCUT2D eigenvalue weighted by Crippen LogP contribution is -2.00. The standard InChI is InChI=1S/C35H23N3/c1-3-13-25(14-4-1)33-36-34(26-15-5-2-6-16-26)38-35(37-33)32-23-22-31(29-19-9-10-20-30(29)32)28-21-11-17-24-12-7-8-18-27(24)28/h1-23H. The molecule has 0 radical (unpaired) electrons. The number of benzene rings is 6. The fourth-order valence-corrected chi connectivity index (χ4v) is 5.12. The predicted molar refractivity (Wildman–Crippen MR) is 157 cm³/mol. The van der Waals surface area contributed by atoms with E-state index in [1.807, 2.05) is 60.7 Å². The Labute approximate surface area is 221 Å². The van der Waals surface area contributed by atoms with Crippen LogP contribution in [0.15, 0.2) is 140 Å². The molecule has 0 spiro atoms. The molecule has 6 aromatic carbocycles. The normalized spacial score (nSPS) is 11.2. The molecule has 0 unspecified atom stereocenters. The van der Waals surface area contributed by atoms with Gasteiger partial charge in [-0.3, -0.25) is 0 Å². The maximum Gasteiger partial charge on any atom is 0.164 e. The largest absolute Gasteiger partial charge is 0.208 e. The summed E-state index contributed by atoms with van der Waals surface area (Å²) in [6.45, 7) is 0. The van der Waals surface area contributed by atoms with Gasteiger partial charge in [-0.25, -0.2) is 15.0 Å². The molecule has 0 atom stereocenters. The highest BCUT2D eigenvalue weighted by Gasteiger charge is 2.16. The summed E-state index contributed by atoms with van der Waals surface area (Å²) < 4.78 is 0. The van der Waals surface area contributed by atoms with Crippen molar-refractivity contribution in [1.82, 2.24) is 15.0 Å². The smallest absolute Gasteiger partial charge is 0.164 e. The van der Waals surface area contributed by atoms with E-state index >= 15 is 0 Å². The quantitative estimate of drug-likeness (QED) is 0.250. The van der Waals surface area contributed by atoms with E-state index in [0.717, 1.165) is 22.1 Å². The second-order valence-corrected chi connectivity index (χ2v) is 9.27. The molecule has 0 saturated carbocycles. The number of hydrogen-bond acceptors (Lipinski definition) is 3. The van der Waals surface area contributed by atoms with E-state index in [0.29, 0.717) is 17.5 Å². The van der Waals surface area contributed by atoms with Crippen molar-refractivity contribution in [1.29, 1.82) is 0 Å². The van der Waals surface area contributed by atoms with Crippen LogP contribution < -0.4 is 0 Å². The molecule has 0 N–H and O–H groups in total. The summed E-state index contributed by atoms with van der Waals surface area (Å²) in [6.07, 6.45) is 0. The number of nitrogens with zero attached hydrogens (tertiary/aromatic N) is 3. The Balaban J connectivity index is 1.47. The van der Waals surface area contributed by atoms with Gasteiger partial charge in [0.25, 0.3) is 0 Å². The zero-order chi connectivity index (χ0) is 25.3. The van der Waals surface area contributed by atoms with Crippen LogP contribution in [-0.4, -0.2) is 15.0 Å². The van der Waals surface area contributed by atoms with Gasteiger partial charge in [0.1, 0.15) is 0 Å². The maximum absolute atomic E-state index is 4.98. The van der Waals surface area contributed by atoms with Gasteiger partial charge in [-0.05, 0) is 38.7 Å². The van der Waals surface area contributed by atoms with E-state index in [9.17, 15) is 0 Å². The Morgan fingerprint density at radius 1 is 0.289 bits per heavy atom. The summed E-state index contributed by atoms with van der Waals surface area (Å²) in [5.41, 5.74) is 5.33. The van der Waals surface area contributed by atoms with Crippen LogP contribution in [0.4, 0.5) is 0 Å². The van der Waals surface area contributed by atoms with Gasteiger partial charge in [0.15, 0.2) is 17.5 Å². The molecule has 0 aliphatic heterocycles. The Morgan fingerprint density at radius 3 is 1.39 bits per heavy atom. The average Bonchev–Trinajstić information content (AvgIpc) is 3.01. The molecule has 3 heteroatoms. The van der Waals surface area contributed by atoms with Gasteiger partial charge in [-0.1, -0.05) is 133 Å². The minimum Gasteiger partial charge on any atom is -0.208 e. The van der Waals surface area contributed by atoms with Crippen molar-refractivity contribution in [2.75, 3.05) is 0 Å². The van der Waals surface area contributed by atoms with Gasteiger partial charge in [0.05, 0.1) is 0 Å². The fourth-order valence-electron chi connectivity index (χ4n) is 5.12. The molecule has 0 bridgehead atoms. The van der Waals surface area contributed by atoms with Crippen LogP contribution >= 0.6 is 0 Å². The highest BCUT2D eigenvalue weighted by atomic mass is 15.0. The van der Waals surface area contributed by atoms with Crippen molar-refractivity contribution in [2.45, 2.75) is 0 Å². The van der Waals surface area contributed by atoms with Gasteiger partial charge >= 0.3 is 0 Å². The average molecular weight is 486 g/mol. The molecule has 7 aromatic rings. The van der Waals surface area contributed by atoms with Crippen molar-refractivity contribution < 1.29 is 0 Å². The van der Waals surface area contributed by atoms with Crippen molar-refractivity contribution >= 4 is 21.5 Å². The second-order valence-electron chi connectivity index (χ2n) is 9.27. The molecule has 3 nitrogen and oxygen atoms in total. The maximum atomic E-state index is 4.98. The van der Waals surface area contributed by atoms with Gasteiger partial charge < -0.3 is 0 Å². The summed E-state index contributed by atoms with van der Waals surface area (Å²) in [5, 5.41) is 4.76. The summed E-state index contributed by atoms with van der Waals surface area (Å²) in [7, 11) is 0.